The first kappa shape index (κ1) is 14.4. The van der Waals surface area contributed by atoms with Crippen LogP contribution < -0.4 is 10.6 Å². The van der Waals surface area contributed by atoms with E-state index in [0.29, 0.717) is 12.0 Å². The molecule has 0 saturated heterocycles. The zero-order chi connectivity index (χ0) is 13.9. The van der Waals surface area contributed by atoms with Crippen LogP contribution in [0, 0.1) is 12.8 Å². The van der Waals surface area contributed by atoms with Gasteiger partial charge in [-0.1, -0.05) is 19.0 Å². The summed E-state index contributed by atoms with van der Waals surface area (Å²) in [6, 6.07) is 6.41. The van der Waals surface area contributed by atoms with Gasteiger partial charge in [-0.25, -0.2) is 0 Å². The van der Waals surface area contributed by atoms with Crippen LogP contribution in [0.15, 0.2) is 23.4 Å². The van der Waals surface area contributed by atoms with Gasteiger partial charge in [-0.3, -0.25) is 0 Å². The van der Waals surface area contributed by atoms with Crippen LogP contribution in [0.3, 0.4) is 0 Å². The van der Waals surface area contributed by atoms with E-state index >= 15 is 0 Å². The summed E-state index contributed by atoms with van der Waals surface area (Å²) in [5, 5.41) is 11.7. The van der Waals surface area contributed by atoms with Crippen LogP contribution in [-0.2, 0) is 0 Å². The largest absolute Gasteiger partial charge is 0.409 e. The second-order valence-electron chi connectivity index (χ2n) is 5.08. The van der Waals surface area contributed by atoms with Crippen LogP contribution in [0.5, 0.6) is 0 Å². The Morgan fingerprint density at radius 3 is 2.39 bits per heavy atom. The molecule has 1 aromatic rings. The average molecular weight is 249 g/mol. The van der Waals surface area contributed by atoms with Gasteiger partial charge in [0, 0.05) is 24.3 Å². The Morgan fingerprint density at radius 1 is 1.33 bits per heavy atom. The fraction of sp³-hybridized carbons (Fsp3) is 0.500. The van der Waals surface area contributed by atoms with Crippen molar-refractivity contribution in [2.45, 2.75) is 33.7 Å². The number of hydrogen-bond donors (Lipinski definition) is 2. The molecular weight excluding hydrogens is 226 g/mol. The van der Waals surface area contributed by atoms with Gasteiger partial charge in [-0.05, 0) is 43.5 Å². The molecule has 0 aromatic heterocycles. The number of nitrogens with two attached hydrogens (primary N) is 1. The van der Waals surface area contributed by atoms with E-state index in [0.717, 1.165) is 16.8 Å². The van der Waals surface area contributed by atoms with Crippen molar-refractivity contribution in [3.63, 3.8) is 0 Å². The quantitative estimate of drug-likeness (QED) is 0.373. The molecule has 0 bridgehead atoms. The molecule has 0 saturated carbocycles. The van der Waals surface area contributed by atoms with Crippen molar-refractivity contribution >= 4 is 11.5 Å². The lowest BCUT2D eigenvalue weighted by Gasteiger charge is -2.30. The Morgan fingerprint density at radius 2 is 1.94 bits per heavy atom. The summed E-state index contributed by atoms with van der Waals surface area (Å²) >= 11 is 0. The Balaban J connectivity index is 3.04. The van der Waals surface area contributed by atoms with Gasteiger partial charge in [-0.15, -0.1) is 0 Å². The number of hydrogen-bond acceptors (Lipinski definition) is 3. The molecule has 0 fully saturated rings. The van der Waals surface area contributed by atoms with Crippen LogP contribution in [0.4, 0.5) is 5.69 Å². The first-order valence-corrected chi connectivity index (χ1v) is 6.19. The Labute approximate surface area is 109 Å². The molecule has 4 heteroatoms. The van der Waals surface area contributed by atoms with Crippen molar-refractivity contribution in [1.82, 2.24) is 0 Å². The topological polar surface area (TPSA) is 61.8 Å². The van der Waals surface area contributed by atoms with Gasteiger partial charge in [0.2, 0.25) is 0 Å². The van der Waals surface area contributed by atoms with E-state index in [2.05, 4.69) is 43.9 Å². The number of rotatable bonds is 4. The maximum absolute atomic E-state index is 8.70. The molecule has 100 valence electrons. The molecule has 0 aliphatic carbocycles. The summed E-state index contributed by atoms with van der Waals surface area (Å²) in [5.74, 6) is 0.734. The summed E-state index contributed by atoms with van der Waals surface area (Å²) in [5.41, 5.74) is 8.53. The van der Waals surface area contributed by atoms with Crippen molar-refractivity contribution < 1.29 is 5.21 Å². The molecule has 0 amide bonds. The van der Waals surface area contributed by atoms with Crippen molar-refractivity contribution in [3.8, 4) is 0 Å². The summed E-state index contributed by atoms with van der Waals surface area (Å²) in [6.07, 6.45) is 0. The van der Waals surface area contributed by atoms with E-state index in [4.69, 9.17) is 10.9 Å². The highest BCUT2D eigenvalue weighted by Gasteiger charge is 2.14. The third kappa shape index (κ3) is 2.94. The minimum Gasteiger partial charge on any atom is -0.409 e. The molecule has 1 atom stereocenters. The monoisotopic (exact) mass is 249 g/mol. The van der Waals surface area contributed by atoms with E-state index in [1.165, 1.54) is 0 Å². The number of oxime groups is 1. The average Bonchev–Trinajstić information content (AvgIpc) is 2.35. The molecule has 1 unspecified atom stereocenters. The molecule has 0 aliphatic heterocycles. The minimum atomic E-state index is 0.151. The zero-order valence-electron chi connectivity index (χ0n) is 11.8. The molecular formula is C14H23N3O. The summed E-state index contributed by atoms with van der Waals surface area (Å²) in [4.78, 5) is 2.24. The molecule has 1 rings (SSSR count). The molecule has 3 N–H and O–H groups in total. The molecule has 1 aromatic carbocycles. The van der Waals surface area contributed by atoms with Crippen molar-refractivity contribution in [2.24, 2.45) is 16.8 Å². The van der Waals surface area contributed by atoms with E-state index in [1.54, 1.807) is 0 Å². The number of benzene rings is 1. The standard InChI is InChI=1S/C14H23N3O/c1-9(2)11(4)17(5)12-6-7-13(10(3)8-12)14(15)16-18/h6-9,11,18H,1-5H3,(H2,15,16). The summed E-state index contributed by atoms with van der Waals surface area (Å²) in [6.45, 7) is 8.58. The molecule has 0 aliphatic rings. The van der Waals surface area contributed by atoms with Crippen LogP contribution in [0.25, 0.3) is 0 Å². The molecule has 0 radical (unpaired) electrons. The highest BCUT2D eigenvalue weighted by atomic mass is 16.4. The molecule has 4 nitrogen and oxygen atoms in total. The van der Waals surface area contributed by atoms with E-state index in [1.807, 2.05) is 19.1 Å². The Bertz CT molecular complexity index is 441. The first-order valence-electron chi connectivity index (χ1n) is 6.19. The van der Waals surface area contributed by atoms with E-state index in [-0.39, 0.29) is 5.84 Å². The maximum Gasteiger partial charge on any atom is 0.170 e. The zero-order valence-corrected chi connectivity index (χ0v) is 11.8. The number of amidine groups is 1. The minimum absolute atomic E-state index is 0.151. The smallest absolute Gasteiger partial charge is 0.170 e. The van der Waals surface area contributed by atoms with Gasteiger partial charge in [0.1, 0.15) is 0 Å². The number of nitrogens with zero attached hydrogens (tertiary/aromatic N) is 2. The lowest BCUT2D eigenvalue weighted by molar-refractivity contribution is 0.318. The third-order valence-electron chi connectivity index (χ3n) is 3.58. The molecule has 0 spiro atoms. The lowest BCUT2D eigenvalue weighted by atomic mass is 10.0. The van der Waals surface area contributed by atoms with Gasteiger partial charge in [0.05, 0.1) is 0 Å². The van der Waals surface area contributed by atoms with Gasteiger partial charge in [-0.2, -0.15) is 0 Å². The van der Waals surface area contributed by atoms with Crippen LogP contribution in [0.1, 0.15) is 31.9 Å². The fourth-order valence-electron chi connectivity index (χ4n) is 1.89. The summed E-state index contributed by atoms with van der Waals surface area (Å²) < 4.78 is 0. The maximum atomic E-state index is 8.70. The predicted octanol–water partition coefficient (Wildman–Crippen LogP) is 2.57. The lowest BCUT2D eigenvalue weighted by Crippen LogP contribution is -2.33. The first-order chi connectivity index (χ1) is 8.38. The van der Waals surface area contributed by atoms with Gasteiger partial charge in [0.25, 0.3) is 0 Å². The van der Waals surface area contributed by atoms with Crippen LogP contribution in [-0.4, -0.2) is 24.1 Å². The van der Waals surface area contributed by atoms with Crippen LogP contribution >= 0.6 is 0 Å². The molecule has 18 heavy (non-hydrogen) atoms. The van der Waals surface area contributed by atoms with Crippen molar-refractivity contribution in [3.05, 3.63) is 29.3 Å². The normalized spacial score (nSPS) is 13.8. The highest BCUT2D eigenvalue weighted by molar-refractivity contribution is 5.98. The second-order valence-corrected chi connectivity index (χ2v) is 5.08. The van der Waals surface area contributed by atoms with E-state index in [9.17, 15) is 0 Å². The number of anilines is 1. The Kier molecular flexibility index (Phi) is 4.59. The van der Waals surface area contributed by atoms with Gasteiger partial charge in [0.15, 0.2) is 5.84 Å². The summed E-state index contributed by atoms with van der Waals surface area (Å²) in [7, 11) is 2.09. The third-order valence-corrected chi connectivity index (χ3v) is 3.58. The van der Waals surface area contributed by atoms with E-state index < -0.39 is 0 Å². The predicted molar refractivity (Wildman–Crippen MR) is 76.4 cm³/mol. The van der Waals surface area contributed by atoms with Gasteiger partial charge < -0.3 is 15.8 Å². The SMILES string of the molecule is Cc1cc(N(C)C(C)C(C)C)ccc1/C(N)=N/O. The highest BCUT2D eigenvalue weighted by Crippen LogP contribution is 2.22. The van der Waals surface area contributed by atoms with Crippen molar-refractivity contribution in [2.75, 3.05) is 11.9 Å². The molecule has 0 heterocycles. The van der Waals surface area contributed by atoms with Gasteiger partial charge >= 0.3 is 0 Å². The second kappa shape index (κ2) is 5.76. The fourth-order valence-corrected chi connectivity index (χ4v) is 1.89. The van der Waals surface area contributed by atoms with Crippen LogP contribution in [0.2, 0.25) is 0 Å². The number of aryl methyl sites for hydroxylation is 1. The van der Waals surface area contributed by atoms with Crippen molar-refractivity contribution in [1.29, 1.82) is 0 Å². The Hall–Kier alpha value is -1.71.